The van der Waals surface area contributed by atoms with Gasteiger partial charge in [0.05, 0.1) is 20.1 Å². The number of hydrogen-bond donors (Lipinski definition) is 1. The molecule has 0 aromatic carbocycles. The summed E-state index contributed by atoms with van der Waals surface area (Å²) in [7, 11) is 2.65. The number of hydrogen-bond acceptors (Lipinski definition) is 5. The van der Waals surface area contributed by atoms with Gasteiger partial charge in [-0.1, -0.05) is 0 Å². The monoisotopic (exact) mass is 428 g/mol. The lowest BCUT2D eigenvalue weighted by atomic mass is 9.76. The van der Waals surface area contributed by atoms with Crippen LogP contribution in [0.3, 0.4) is 0 Å². The van der Waals surface area contributed by atoms with Gasteiger partial charge in [-0.05, 0) is 61.5 Å². The number of rotatable bonds is 5. The van der Waals surface area contributed by atoms with Gasteiger partial charge in [-0.2, -0.15) is 0 Å². The predicted molar refractivity (Wildman–Crippen MR) is 98.7 cm³/mol. The molecule has 1 aliphatic carbocycles. The molecule has 0 radical (unpaired) electrons. The van der Waals surface area contributed by atoms with Crippen molar-refractivity contribution in [3.8, 4) is 0 Å². The number of methoxy groups -OCH3 is 2. The molecule has 1 heterocycles. The van der Waals surface area contributed by atoms with Gasteiger partial charge < -0.3 is 19.4 Å². The molecule has 1 N–H and O–H groups in total. The summed E-state index contributed by atoms with van der Waals surface area (Å²) >= 11 is 3.39. The fraction of sp³-hybridized carbons (Fsp3) is 0.611. The molecule has 1 saturated carbocycles. The average molecular weight is 429 g/mol. The number of carbonyl (C=O) groups excluding carboxylic acids is 3. The Morgan fingerprint density at radius 1 is 1.23 bits per heavy atom. The third kappa shape index (κ3) is 4.11. The van der Waals surface area contributed by atoms with Crippen molar-refractivity contribution in [2.45, 2.75) is 51.1 Å². The van der Waals surface area contributed by atoms with Crippen LogP contribution in [0.15, 0.2) is 16.7 Å². The molecule has 7 nitrogen and oxygen atoms in total. The highest BCUT2D eigenvalue weighted by Gasteiger charge is 2.46. The first kappa shape index (κ1) is 20.5. The van der Waals surface area contributed by atoms with Gasteiger partial charge in [0.2, 0.25) is 0 Å². The maximum atomic E-state index is 12.9. The van der Waals surface area contributed by atoms with Crippen molar-refractivity contribution in [2.24, 2.45) is 5.92 Å². The van der Waals surface area contributed by atoms with E-state index < -0.39 is 11.5 Å². The highest BCUT2D eigenvalue weighted by molar-refractivity contribution is 9.10. The summed E-state index contributed by atoms with van der Waals surface area (Å²) in [5.41, 5.74) is -0.667. The van der Waals surface area contributed by atoms with E-state index in [9.17, 15) is 14.4 Å². The summed E-state index contributed by atoms with van der Waals surface area (Å²) in [6, 6.07) is 1.81. The van der Waals surface area contributed by atoms with E-state index in [4.69, 9.17) is 9.47 Å². The molecule has 0 atom stereocenters. The molecule has 2 rings (SSSR count). The highest BCUT2D eigenvalue weighted by atomic mass is 79.9. The van der Waals surface area contributed by atoms with Crippen molar-refractivity contribution in [1.29, 1.82) is 0 Å². The highest BCUT2D eigenvalue weighted by Crippen LogP contribution is 2.34. The average Bonchev–Trinajstić information content (AvgIpc) is 3.03. The van der Waals surface area contributed by atoms with Crippen molar-refractivity contribution < 1.29 is 23.9 Å². The molecule has 0 spiro atoms. The Morgan fingerprint density at radius 2 is 1.85 bits per heavy atom. The molecule has 8 heteroatoms. The van der Waals surface area contributed by atoms with E-state index in [1.807, 2.05) is 24.6 Å². The number of halogens is 1. The zero-order chi connectivity index (χ0) is 19.5. The standard InChI is InChI=1S/C18H25BrN2O5/c1-11(2)21-10-13(19)9-14(21)15(22)20-18(17(24)26-4)7-5-12(6-8-18)16(23)25-3/h9-12H,5-8H2,1-4H3,(H,20,22). The molecule has 1 aliphatic rings. The summed E-state index contributed by atoms with van der Waals surface area (Å²) in [6.07, 6.45) is 3.40. The van der Waals surface area contributed by atoms with Crippen LogP contribution in [0.1, 0.15) is 56.1 Å². The number of amides is 1. The summed E-state index contributed by atoms with van der Waals surface area (Å²) in [4.78, 5) is 37.1. The zero-order valence-electron chi connectivity index (χ0n) is 15.5. The minimum absolute atomic E-state index is 0.0891. The van der Waals surface area contributed by atoms with Crippen LogP contribution in [-0.4, -0.2) is 42.2 Å². The first-order chi connectivity index (χ1) is 12.2. The molecule has 1 amide bonds. The van der Waals surface area contributed by atoms with Crippen LogP contribution in [0.2, 0.25) is 0 Å². The van der Waals surface area contributed by atoms with Crippen molar-refractivity contribution in [3.05, 3.63) is 22.4 Å². The number of carbonyl (C=O) groups is 3. The smallest absolute Gasteiger partial charge is 0.331 e. The molecular weight excluding hydrogens is 404 g/mol. The first-order valence-electron chi connectivity index (χ1n) is 8.60. The van der Waals surface area contributed by atoms with Crippen LogP contribution in [0, 0.1) is 5.92 Å². The lowest BCUT2D eigenvalue weighted by Crippen LogP contribution is -2.57. The van der Waals surface area contributed by atoms with E-state index in [1.165, 1.54) is 14.2 Å². The van der Waals surface area contributed by atoms with Crippen molar-refractivity contribution in [3.63, 3.8) is 0 Å². The van der Waals surface area contributed by atoms with Gasteiger partial charge in [0.15, 0.2) is 0 Å². The maximum Gasteiger partial charge on any atom is 0.331 e. The predicted octanol–water partition coefficient (Wildman–Crippen LogP) is 2.84. The third-order valence-corrected chi connectivity index (χ3v) is 5.34. The molecule has 0 bridgehead atoms. The topological polar surface area (TPSA) is 86.6 Å². The van der Waals surface area contributed by atoms with Gasteiger partial charge in [0.25, 0.3) is 5.91 Å². The largest absolute Gasteiger partial charge is 0.469 e. The molecule has 1 aromatic rings. The minimum Gasteiger partial charge on any atom is -0.469 e. The van der Waals surface area contributed by atoms with Crippen LogP contribution in [0.4, 0.5) is 0 Å². The van der Waals surface area contributed by atoms with E-state index in [0.717, 1.165) is 4.47 Å². The van der Waals surface area contributed by atoms with Crippen LogP contribution >= 0.6 is 15.9 Å². The second-order valence-corrected chi connectivity index (χ2v) is 7.79. The molecule has 0 saturated heterocycles. The van der Waals surface area contributed by atoms with Gasteiger partial charge in [0.1, 0.15) is 11.2 Å². The summed E-state index contributed by atoms with van der Waals surface area (Å²) in [6.45, 7) is 3.95. The van der Waals surface area contributed by atoms with E-state index >= 15 is 0 Å². The van der Waals surface area contributed by atoms with Crippen LogP contribution in [-0.2, 0) is 19.1 Å². The molecule has 1 aromatic heterocycles. The Hall–Kier alpha value is -1.83. The van der Waals surface area contributed by atoms with Crippen molar-refractivity contribution in [1.82, 2.24) is 9.88 Å². The van der Waals surface area contributed by atoms with Gasteiger partial charge >= 0.3 is 11.9 Å². The molecule has 0 aliphatic heterocycles. The van der Waals surface area contributed by atoms with Gasteiger partial charge in [0, 0.05) is 16.7 Å². The van der Waals surface area contributed by atoms with E-state index in [2.05, 4.69) is 21.2 Å². The lowest BCUT2D eigenvalue weighted by Gasteiger charge is -2.37. The Kier molecular flexibility index (Phi) is 6.49. The van der Waals surface area contributed by atoms with E-state index in [-0.39, 0.29) is 23.8 Å². The number of aromatic nitrogens is 1. The number of nitrogens with zero attached hydrogens (tertiary/aromatic N) is 1. The van der Waals surface area contributed by atoms with Crippen LogP contribution in [0.5, 0.6) is 0 Å². The number of esters is 2. The molecule has 0 unspecified atom stereocenters. The summed E-state index contributed by atoms with van der Waals surface area (Å²) in [5.74, 6) is -1.38. The van der Waals surface area contributed by atoms with Crippen molar-refractivity contribution in [2.75, 3.05) is 14.2 Å². The fourth-order valence-corrected chi connectivity index (χ4v) is 3.86. The molecule has 1 fully saturated rings. The minimum atomic E-state index is -1.13. The molecule has 26 heavy (non-hydrogen) atoms. The van der Waals surface area contributed by atoms with E-state index in [0.29, 0.717) is 31.4 Å². The Balaban J connectivity index is 2.23. The van der Waals surface area contributed by atoms with Crippen LogP contribution in [0.25, 0.3) is 0 Å². The normalized spacial score (nSPS) is 22.8. The summed E-state index contributed by atoms with van der Waals surface area (Å²) in [5, 5.41) is 2.88. The Labute approximate surface area is 161 Å². The zero-order valence-corrected chi connectivity index (χ0v) is 17.1. The second-order valence-electron chi connectivity index (χ2n) is 6.87. The van der Waals surface area contributed by atoms with Gasteiger partial charge in [-0.15, -0.1) is 0 Å². The number of ether oxygens (including phenoxy) is 2. The quantitative estimate of drug-likeness (QED) is 0.728. The fourth-order valence-electron chi connectivity index (χ4n) is 3.42. The Morgan fingerprint density at radius 3 is 2.35 bits per heavy atom. The maximum absolute atomic E-state index is 12.9. The second kappa shape index (κ2) is 8.24. The van der Waals surface area contributed by atoms with Gasteiger partial charge in [-0.25, -0.2) is 4.79 Å². The Bertz CT molecular complexity index is 690. The lowest BCUT2D eigenvalue weighted by molar-refractivity contribution is -0.154. The SMILES string of the molecule is COC(=O)C1CCC(NC(=O)c2cc(Br)cn2C(C)C)(C(=O)OC)CC1. The molecular formula is C18H25BrN2O5. The van der Waals surface area contributed by atoms with Crippen molar-refractivity contribution >= 4 is 33.8 Å². The van der Waals surface area contributed by atoms with Crippen LogP contribution < -0.4 is 5.32 Å². The van der Waals surface area contributed by atoms with Gasteiger partial charge in [-0.3, -0.25) is 9.59 Å². The molecule has 144 valence electrons. The summed E-state index contributed by atoms with van der Waals surface area (Å²) < 4.78 is 12.4. The number of nitrogens with one attached hydrogen (secondary N) is 1. The van der Waals surface area contributed by atoms with E-state index in [1.54, 1.807) is 6.07 Å². The third-order valence-electron chi connectivity index (χ3n) is 4.91. The first-order valence-corrected chi connectivity index (χ1v) is 9.39.